The van der Waals surface area contributed by atoms with Crippen LogP contribution in [0.1, 0.15) is 6.42 Å². The first-order valence-electron chi connectivity index (χ1n) is 3.12. The van der Waals surface area contributed by atoms with Crippen molar-refractivity contribution in [1.29, 1.82) is 0 Å². The Morgan fingerprint density at radius 3 is 2.38 bits per heavy atom. The van der Waals surface area contributed by atoms with Gasteiger partial charge in [-0.2, -0.15) is 18.3 Å². The predicted molar refractivity (Wildman–Crippen MR) is 33.8 cm³/mol. The second-order valence-corrected chi connectivity index (χ2v) is 2.51. The van der Waals surface area contributed by atoms with Crippen LogP contribution >= 0.6 is 0 Å². The Morgan fingerprint density at radius 1 is 1.62 bits per heavy atom. The molecule has 0 saturated carbocycles. The maximum Gasteiger partial charge on any atom is 0.431 e. The molecular weight excluding hydrogens is 193 g/mol. The number of hydrogen-bond donors (Lipinski definition) is 3. The van der Waals surface area contributed by atoms with Gasteiger partial charge in [0.05, 0.1) is 6.42 Å². The second kappa shape index (κ2) is 2.59. The molecule has 0 fully saturated rings. The highest BCUT2D eigenvalue weighted by Gasteiger charge is 2.50. The largest absolute Gasteiger partial charge is 0.478 e. The van der Waals surface area contributed by atoms with Crippen LogP contribution in [0, 0.1) is 0 Å². The van der Waals surface area contributed by atoms with Crippen LogP contribution in [0.5, 0.6) is 0 Å². The van der Waals surface area contributed by atoms with E-state index in [-0.39, 0.29) is 0 Å². The van der Waals surface area contributed by atoms with Crippen molar-refractivity contribution in [1.82, 2.24) is 5.43 Å². The van der Waals surface area contributed by atoms with Crippen LogP contribution < -0.4 is 5.43 Å². The minimum Gasteiger partial charge on any atom is -0.478 e. The minimum atomic E-state index is -4.72. The van der Waals surface area contributed by atoms with Gasteiger partial charge < -0.3 is 10.2 Å². The van der Waals surface area contributed by atoms with Crippen molar-refractivity contribution in [2.75, 3.05) is 0 Å². The summed E-state index contributed by atoms with van der Waals surface area (Å²) in [7, 11) is 0. The van der Waals surface area contributed by atoms with Crippen molar-refractivity contribution in [2.24, 2.45) is 5.10 Å². The summed E-state index contributed by atoms with van der Waals surface area (Å²) in [4.78, 5) is 10.2. The number of carboxylic acids is 1. The average Bonchev–Trinajstić information content (AvgIpc) is 2.31. The summed E-state index contributed by atoms with van der Waals surface area (Å²) in [6.07, 6.45) is -5.81. The van der Waals surface area contributed by atoms with E-state index < -0.39 is 30.0 Å². The molecule has 0 aromatic rings. The van der Waals surface area contributed by atoms with Crippen LogP contribution in [0.15, 0.2) is 5.10 Å². The fraction of sp³-hybridized carbons (Fsp3) is 0.600. The predicted octanol–water partition coefficient (Wildman–Crippen LogP) is -0.329. The fourth-order valence-electron chi connectivity index (χ4n) is 0.768. The number of hydrogen-bond acceptors (Lipinski definition) is 4. The van der Waals surface area contributed by atoms with Gasteiger partial charge in [-0.15, -0.1) is 0 Å². The van der Waals surface area contributed by atoms with E-state index in [1.807, 2.05) is 0 Å². The summed E-state index contributed by atoms with van der Waals surface area (Å²) in [5.41, 5.74) is -2.46. The average molecular weight is 198 g/mol. The van der Waals surface area contributed by atoms with Gasteiger partial charge in [0.25, 0.3) is 5.72 Å². The number of nitrogens with one attached hydrogen (secondary N) is 1. The van der Waals surface area contributed by atoms with Gasteiger partial charge in [-0.25, -0.2) is 4.79 Å². The molecule has 0 aromatic heterocycles. The maximum absolute atomic E-state index is 11.9. The number of rotatable bonds is 1. The van der Waals surface area contributed by atoms with E-state index >= 15 is 0 Å². The normalized spacial score (nSPS) is 28.2. The highest BCUT2D eigenvalue weighted by Crippen LogP contribution is 2.26. The van der Waals surface area contributed by atoms with Crippen molar-refractivity contribution in [3.63, 3.8) is 0 Å². The topological polar surface area (TPSA) is 81.9 Å². The summed E-state index contributed by atoms with van der Waals surface area (Å²) in [5, 5.41) is 20.0. The number of carboxylic acid groups (broad SMARTS) is 1. The minimum absolute atomic E-state index is 1.09. The Labute approximate surface area is 69.9 Å². The van der Waals surface area contributed by atoms with Crippen LogP contribution in [-0.4, -0.2) is 33.8 Å². The smallest absolute Gasteiger partial charge is 0.431 e. The summed E-state index contributed by atoms with van der Waals surface area (Å²) in [6.45, 7) is 0. The number of halogens is 3. The molecule has 8 heteroatoms. The molecule has 0 amide bonds. The molecule has 1 aliphatic heterocycles. The van der Waals surface area contributed by atoms with Gasteiger partial charge in [0.1, 0.15) is 5.71 Å². The lowest BCUT2D eigenvalue weighted by atomic mass is 10.1. The summed E-state index contributed by atoms with van der Waals surface area (Å²) >= 11 is 0. The first kappa shape index (κ1) is 9.78. The van der Waals surface area contributed by atoms with Crippen molar-refractivity contribution < 1.29 is 28.2 Å². The third kappa shape index (κ3) is 1.72. The second-order valence-electron chi connectivity index (χ2n) is 2.51. The molecule has 74 valence electrons. The molecule has 1 rings (SSSR count). The molecule has 0 aliphatic carbocycles. The summed E-state index contributed by atoms with van der Waals surface area (Å²) in [5.74, 6) is -1.80. The molecule has 5 nitrogen and oxygen atoms in total. The third-order valence-electron chi connectivity index (χ3n) is 1.48. The Balaban J connectivity index is 2.77. The zero-order chi connectivity index (χ0) is 10.3. The van der Waals surface area contributed by atoms with E-state index in [4.69, 9.17) is 10.2 Å². The van der Waals surface area contributed by atoms with Crippen LogP contribution in [0.4, 0.5) is 13.2 Å². The molecule has 1 atom stereocenters. The Kier molecular flexibility index (Phi) is 1.95. The van der Waals surface area contributed by atoms with Crippen LogP contribution in [-0.2, 0) is 4.79 Å². The van der Waals surface area contributed by atoms with Gasteiger partial charge in [-0.1, -0.05) is 0 Å². The van der Waals surface area contributed by atoms with E-state index in [0.29, 0.717) is 0 Å². The molecule has 1 aliphatic rings. The molecular formula is C5H5F3N2O3. The lowest BCUT2D eigenvalue weighted by Crippen LogP contribution is -2.47. The number of carbonyl (C=O) groups is 1. The number of hydrazone groups is 1. The van der Waals surface area contributed by atoms with Crippen molar-refractivity contribution >= 4 is 11.7 Å². The first-order chi connectivity index (χ1) is 5.76. The van der Waals surface area contributed by atoms with Gasteiger partial charge in [0.15, 0.2) is 0 Å². The summed E-state index contributed by atoms with van der Waals surface area (Å²) < 4.78 is 35.7. The van der Waals surface area contributed by atoms with Crippen LogP contribution in [0.3, 0.4) is 0 Å². The monoisotopic (exact) mass is 198 g/mol. The summed E-state index contributed by atoms with van der Waals surface area (Å²) in [6, 6.07) is 0. The van der Waals surface area contributed by atoms with Gasteiger partial charge in [-0.05, 0) is 0 Å². The lowest BCUT2D eigenvalue weighted by molar-refractivity contribution is -0.160. The highest BCUT2D eigenvalue weighted by molar-refractivity contribution is 5.96. The van der Waals surface area contributed by atoms with Crippen molar-refractivity contribution in [3.05, 3.63) is 0 Å². The number of aliphatic hydroxyl groups is 1. The molecule has 1 heterocycles. The molecule has 1 unspecified atom stereocenters. The number of alkyl halides is 3. The van der Waals surface area contributed by atoms with E-state index in [2.05, 4.69) is 5.10 Å². The van der Waals surface area contributed by atoms with Crippen molar-refractivity contribution in [3.8, 4) is 0 Å². The first-order valence-corrected chi connectivity index (χ1v) is 3.12. The van der Waals surface area contributed by atoms with Crippen LogP contribution in [0.2, 0.25) is 0 Å². The Hall–Kier alpha value is -1.31. The van der Waals surface area contributed by atoms with Crippen molar-refractivity contribution in [2.45, 2.75) is 18.3 Å². The fourth-order valence-corrected chi connectivity index (χ4v) is 0.768. The van der Waals surface area contributed by atoms with E-state index in [9.17, 15) is 18.0 Å². The van der Waals surface area contributed by atoms with Gasteiger partial charge in [-0.3, -0.25) is 5.43 Å². The Bertz CT molecular complexity index is 275. The highest BCUT2D eigenvalue weighted by atomic mass is 19.4. The molecule has 13 heavy (non-hydrogen) atoms. The van der Waals surface area contributed by atoms with Gasteiger partial charge in [0.2, 0.25) is 0 Å². The molecule has 0 bridgehead atoms. The van der Waals surface area contributed by atoms with E-state index in [1.165, 1.54) is 5.43 Å². The zero-order valence-electron chi connectivity index (χ0n) is 6.09. The molecule has 0 spiro atoms. The molecule has 0 radical (unpaired) electrons. The van der Waals surface area contributed by atoms with E-state index in [0.717, 1.165) is 0 Å². The zero-order valence-corrected chi connectivity index (χ0v) is 6.09. The number of nitrogens with zero attached hydrogens (tertiary/aromatic N) is 1. The standard InChI is InChI=1S/C5H5F3N2O3/c6-5(7,8)2-1-4(13,3(11)12)10-9-2/h10,13H,1H2,(H,11,12). The van der Waals surface area contributed by atoms with Gasteiger partial charge >= 0.3 is 12.1 Å². The maximum atomic E-state index is 11.9. The quantitative estimate of drug-likeness (QED) is 0.538. The SMILES string of the molecule is O=C(O)C1(O)CC(C(F)(F)F)=NN1. The molecule has 0 aromatic carbocycles. The third-order valence-corrected chi connectivity index (χ3v) is 1.48. The Morgan fingerprint density at radius 2 is 2.15 bits per heavy atom. The lowest BCUT2D eigenvalue weighted by Gasteiger charge is -2.15. The van der Waals surface area contributed by atoms with E-state index in [1.54, 1.807) is 0 Å². The van der Waals surface area contributed by atoms with Crippen LogP contribution in [0.25, 0.3) is 0 Å². The molecule has 3 N–H and O–H groups in total. The van der Waals surface area contributed by atoms with Gasteiger partial charge in [0, 0.05) is 0 Å². The number of aliphatic carboxylic acids is 1. The molecule has 0 saturated heterocycles.